The van der Waals surface area contributed by atoms with E-state index in [2.05, 4.69) is 10.4 Å². The van der Waals surface area contributed by atoms with Crippen LogP contribution in [0.1, 0.15) is 43.9 Å². The lowest BCUT2D eigenvalue weighted by molar-refractivity contribution is 0.0937. The van der Waals surface area contributed by atoms with Gasteiger partial charge in [0.2, 0.25) is 0 Å². The summed E-state index contributed by atoms with van der Waals surface area (Å²) >= 11 is 0. The maximum Gasteiger partial charge on any atom is 0.272 e. The second-order valence-electron chi connectivity index (χ2n) is 5.87. The topological polar surface area (TPSA) is 64.0 Å². The molecule has 1 aromatic heterocycles. The largest absolute Gasteiger partial charge is 0.347 e. The first kappa shape index (κ1) is 15.9. The fraction of sp³-hybridized carbons (Fsp3) is 0.692. The number of rotatable bonds is 4. The number of nitrogens with zero attached hydrogens (tertiary/aromatic N) is 2. The molecule has 0 saturated heterocycles. The molecule has 0 aliphatic carbocycles. The molecule has 1 amide bonds. The van der Waals surface area contributed by atoms with E-state index in [1.165, 1.54) is 0 Å². The van der Waals surface area contributed by atoms with Crippen LogP contribution in [0.5, 0.6) is 0 Å². The zero-order valence-electron chi connectivity index (χ0n) is 12.5. The predicted molar refractivity (Wildman–Crippen MR) is 77.8 cm³/mol. The van der Waals surface area contributed by atoms with Crippen molar-refractivity contribution in [3.8, 4) is 0 Å². The summed E-state index contributed by atoms with van der Waals surface area (Å²) < 4.78 is 12.9. The van der Waals surface area contributed by atoms with E-state index in [9.17, 15) is 9.00 Å². The molecule has 0 radical (unpaired) electrons. The lowest BCUT2D eigenvalue weighted by Gasteiger charge is -2.21. The minimum Gasteiger partial charge on any atom is -0.347 e. The first-order valence-corrected chi connectivity index (χ1v) is 8.02. The Hall–Kier alpha value is -1.17. The van der Waals surface area contributed by atoms with Crippen molar-refractivity contribution >= 4 is 16.7 Å². The molecule has 5 nitrogen and oxygen atoms in total. The SMILES string of the molecule is Cc1cc(C(=O)NC(C)CS(C)=O)nn1C(C)(C)C. The van der Waals surface area contributed by atoms with E-state index in [1.807, 2.05) is 39.3 Å². The number of hydrogen-bond donors (Lipinski definition) is 1. The maximum atomic E-state index is 12.0. The molecule has 19 heavy (non-hydrogen) atoms. The van der Waals surface area contributed by atoms with Crippen molar-refractivity contribution in [3.05, 3.63) is 17.5 Å². The second-order valence-corrected chi connectivity index (χ2v) is 7.35. The number of aryl methyl sites for hydroxylation is 1. The van der Waals surface area contributed by atoms with Crippen LogP contribution in [0.4, 0.5) is 0 Å². The zero-order chi connectivity index (χ0) is 14.8. The van der Waals surface area contributed by atoms with Gasteiger partial charge < -0.3 is 5.32 Å². The van der Waals surface area contributed by atoms with Crippen molar-refractivity contribution in [3.63, 3.8) is 0 Å². The average molecular weight is 285 g/mol. The van der Waals surface area contributed by atoms with Gasteiger partial charge in [-0.05, 0) is 40.7 Å². The Balaban J connectivity index is 2.81. The molecule has 108 valence electrons. The highest BCUT2D eigenvalue weighted by Crippen LogP contribution is 2.16. The van der Waals surface area contributed by atoms with E-state index in [0.717, 1.165) is 5.69 Å². The quantitative estimate of drug-likeness (QED) is 0.910. The molecule has 0 aliphatic rings. The summed E-state index contributed by atoms with van der Waals surface area (Å²) in [4.78, 5) is 12.0. The fourth-order valence-corrected chi connectivity index (χ4v) is 2.74. The number of hydrogen-bond acceptors (Lipinski definition) is 3. The molecule has 1 rings (SSSR count). The van der Waals surface area contributed by atoms with Gasteiger partial charge in [0.1, 0.15) is 5.69 Å². The molecule has 1 aromatic rings. The lowest BCUT2D eigenvalue weighted by atomic mass is 10.1. The molecule has 0 fully saturated rings. The van der Waals surface area contributed by atoms with Crippen LogP contribution in [-0.2, 0) is 16.3 Å². The molecule has 2 unspecified atom stereocenters. The van der Waals surface area contributed by atoms with Crippen molar-refractivity contribution < 1.29 is 9.00 Å². The van der Waals surface area contributed by atoms with Gasteiger partial charge in [-0.2, -0.15) is 5.10 Å². The molecule has 0 spiro atoms. The number of amides is 1. The first-order chi connectivity index (χ1) is 8.61. The molecule has 0 saturated carbocycles. The standard InChI is InChI=1S/C13H23N3O2S/c1-9(8-19(6)18)14-12(17)11-7-10(2)16(15-11)13(3,4)5/h7,9H,8H2,1-6H3,(H,14,17). The predicted octanol–water partition coefficient (Wildman–Crippen LogP) is 1.44. The van der Waals surface area contributed by atoms with Crippen molar-refractivity contribution in [1.82, 2.24) is 15.1 Å². The number of carbonyl (C=O) groups is 1. The van der Waals surface area contributed by atoms with E-state index in [1.54, 1.807) is 12.3 Å². The number of aromatic nitrogens is 2. The van der Waals surface area contributed by atoms with Gasteiger partial charge >= 0.3 is 0 Å². The smallest absolute Gasteiger partial charge is 0.272 e. The summed E-state index contributed by atoms with van der Waals surface area (Å²) in [6, 6.07) is 1.65. The third kappa shape index (κ3) is 4.45. The van der Waals surface area contributed by atoms with Gasteiger partial charge in [0, 0.05) is 34.5 Å². The highest BCUT2D eigenvalue weighted by atomic mass is 32.2. The van der Waals surface area contributed by atoms with Crippen LogP contribution in [-0.4, -0.2) is 37.9 Å². The molecular formula is C13H23N3O2S. The van der Waals surface area contributed by atoms with Crippen LogP contribution >= 0.6 is 0 Å². The molecular weight excluding hydrogens is 262 g/mol. The summed E-state index contributed by atoms with van der Waals surface area (Å²) in [5, 5.41) is 7.15. The summed E-state index contributed by atoms with van der Waals surface area (Å²) in [7, 11) is -0.922. The van der Waals surface area contributed by atoms with E-state index in [-0.39, 0.29) is 17.5 Å². The van der Waals surface area contributed by atoms with Crippen molar-refractivity contribution in [2.75, 3.05) is 12.0 Å². The van der Waals surface area contributed by atoms with Crippen LogP contribution in [0.25, 0.3) is 0 Å². The Labute approximate surface area is 117 Å². The van der Waals surface area contributed by atoms with Crippen molar-refractivity contribution in [1.29, 1.82) is 0 Å². The van der Waals surface area contributed by atoms with Gasteiger partial charge in [-0.25, -0.2) is 0 Å². The molecule has 1 heterocycles. The third-order valence-corrected chi connectivity index (χ3v) is 3.59. The molecule has 0 aliphatic heterocycles. The minimum absolute atomic E-state index is 0.126. The highest BCUT2D eigenvalue weighted by molar-refractivity contribution is 7.84. The Bertz CT molecular complexity index is 489. The van der Waals surface area contributed by atoms with Crippen LogP contribution in [0.15, 0.2) is 6.07 Å². The monoisotopic (exact) mass is 285 g/mol. The molecule has 0 aromatic carbocycles. The molecule has 1 N–H and O–H groups in total. The van der Waals surface area contributed by atoms with E-state index < -0.39 is 10.8 Å². The van der Waals surface area contributed by atoms with Crippen molar-refractivity contribution in [2.24, 2.45) is 0 Å². The van der Waals surface area contributed by atoms with Gasteiger partial charge in [-0.3, -0.25) is 13.7 Å². The van der Waals surface area contributed by atoms with E-state index in [4.69, 9.17) is 0 Å². The van der Waals surface area contributed by atoms with Gasteiger partial charge in [-0.1, -0.05) is 0 Å². The molecule has 2 atom stereocenters. The first-order valence-electron chi connectivity index (χ1n) is 6.29. The minimum atomic E-state index is -0.922. The number of carbonyl (C=O) groups excluding carboxylic acids is 1. The van der Waals surface area contributed by atoms with Crippen molar-refractivity contribution in [2.45, 2.75) is 46.2 Å². The number of nitrogens with one attached hydrogen (secondary N) is 1. The Morgan fingerprint density at radius 1 is 1.53 bits per heavy atom. The van der Waals surface area contributed by atoms with Gasteiger partial charge in [-0.15, -0.1) is 0 Å². The van der Waals surface area contributed by atoms with Crippen LogP contribution in [0.3, 0.4) is 0 Å². The lowest BCUT2D eigenvalue weighted by Crippen LogP contribution is -2.36. The molecule has 6 heteroatoms. The summed E-state index contributed by atoms with van der Waals surface area (Å²) in [5.74, 6) is 0.231. The second kappa shape index (κ2) is 5.86. The summed E-state index contributed by atoms with van der Waals surface area (Å²) in [6.45, 7) is 9.89. The van der Waals surface area contributed by atoms with E-state index >= 15 is 0 Å². The third-order valence-electron chi connectivity index (χ3n) is 2.62. The van der Waals surface area contributed by atoms with Gasteiger partial charge in [0.15, 0.2) is 0 Å². The Kier molecular flexibility index (Phi) is 4.90. The normalized spacial score (nSPS) is 15.1. The van der Waals surface area contributed by atoms with E-state index in [0.29, 0.717) is 11.4 Å². The maximum absolute atomic E-state index is 12.0. The van der Waals surface area contributed by atoms with Crippen LogP contribution in [0.2, 0.25) is 0 Å². The Morgan fingerprint density at radius 2 is 2.11 bits per heavy atom. The summed E-state index contributed by atoms with van der Waals surface area (Å²) in [5.41, 5.74) is 1.20. The molecule has 0 bridgehead atoms. The summed E-state index contributed by atoms with van der Waals surface area (Å²) in [6.07, 6.45) is 1.63. The fourth-order valence-electron chi connectivity index (χ4n) is 1.96. The average Bonchev–Trinajstić information content (AvgIpc) is 2.58. The van der Waals surface area contributed by atoms with Gasteiger partial charge in [0.05, 0.1) is 5.54 Å². The highest BCUT2D eigenvalue weighted by Gasteiger charge is 2.21. The Morgan fingerprint density at radius 3 is 2.53 bits per heavy atom. The van der Waals surface area contributed by atoms with Crippen LogP contribution in [0, 0.1) is 6.92 Å². The zero-order valence-corrected chi connectivity index (χ0v) is 13.3. The van der Waals surface area contributed by atoms with Gasteiger partial charge in [0.25, 0.3) is 5.91 Å². The van der Waals surface area contributed by atoms with Crippen LogP contribution < -0.4 is 5.32 Å².